The first-order valence-electron chi connectivity index (χ1n) is 7.02. The van der Waals surface area contributed by atoms with Crippen LogP contribution in [0.1, 0.15) is 43.5 Å². The van der Waals surface area contributed by atoms with Gasteiger partial charge in [-0.25, -0.2) is 0 Å². The first kappa shape index (κ1) is 15.4. The van der Waals surface area contributed by atoms with E-state index in [1.165, 1.54) is 6.42 Å². The largest absolute Gasteiger partial charge is 0.493 e. The number of ether oxygens (including phenoxy) is 2. The second kappa shape index (κ2) is 6.61. The molecular weight excluding hydrogens is 320 g/mol. The van der Waals surface area contributed by atoms with Gasteiger partial charge in [0.1, 0.15) is 6.29 Å². The molecule has 0 radical (unpaired) electrons. The highest BCUT2D eigenvalue weighted by Crippen LogP contribution is 2.39. The third-order valence-electron chi connectivity index (χ3n) is 3.81. The minimum absolute atomic E-state index is 0.209. The van der Waals surface area contributed by atoms with E-state index in [1.54, 1.807) is 19.2 Å². The Hall–Kier alpha value is -1.03. The van der Waals surface area contributed by atoms with Crippen molar-refractivity contribution >= 4 is 22.2 Å². The van der Waals surface area contributed by atoms with E-state index in [1.807, 2.05) is 0 Å². The normalized spacial score (nSPS) is 26.1. The molecule has 0 aromatic heterocycles. The predicted molar refractivity (Wildman–Crippen MR) is 82.7 cm³/mol. The van der Waals surface area contributed by atoms with Crippen molar-refractivity contribution in [2.45, 2.75) is 39.2 Å². The summed E-state index contributed by atoms with van der Waals surface area (Å²) >= 11 is 3.47. The molecule has 0 spiro atoms. The van der Waals surface area contributed by atoms with Gasteiger partial charge in [0.15, 0.2) is 11.5 Å². The lowest BCUT2D eigenvalue weighted by Crippen LogP contribution is -2.28. The van der Waals surface area contributed by atoms with E-state index in [-0.39, 0.29) is 6.10 Å². The van der Waals surface area contributed by atoms with E-state index in [0.717, 1.165) is 23.6 Å². The van der Waals surface area contributed by atoms with Crippen molar-refractivity contribution < 1.29 is 14.3 Å². The number of rotatable bonds is 4. The Morgan fingerprint density at radius 1 is 1.20 bits per heavy atom. The zero-order chi connectivity index (χ0) is 14.7. The molecule has 0 saturated heterocycles. The highest BCUT2D eigenvalue weighted by atomic mass is 79.9. The molecule has 1 aliphatic carbocycles. The first-order chi connectivity index (χ1) is 9.53. The quantitative estimate of drug-likeness (QED) is 0.758. The zero-order valence-corrected chi connectivity index (χ0v) is 13.8. The summed E-state index contributed by atoms with van der Waals surface area (Å²) in [4.78, 5) is 10.9. The molecule has 20 heavy (non-hydrogen) atoms. The molecule has 0 aliphatic heterocycles. The van der Waals surface area contributed by atoms with Crippen LogP contribution in [0.4, 0.5) is 0 Å². The molecule has 0 N–H and O–H groups in total. The van der Waals surface area contributed by atoms with Crippen LogP contribution in [0.15, 0.2) is 16.6 Å². The molecule has 1 aromatic rings. The molecular formula is C16H21BrO3. The van der Waals surface area contributed by atoms with Crippen LogP contribution in [0.2, 0.25) is 0 Å². The molecule has 4 heteroatoms. The maximum Gasteiger partial charge on any atom is 0.175 e. The number of methoxy groups -OCH3 is 1. The molecule has 110 valence electrons. The Bertz CT molecular complexity index is 477. The van der Waals surface area contributed by atoms with Crippen molar-refractivity contribution in [1.29, 1.82) is 0 Å². The van der Waals surface area contributed by atoms with Crippen molar-refractivity contribution in [3.8, 4) is 11.5 Å². The van der Waals surface area contributed by atoms with Gasteiger partial charge in [-0.3, -0.25) is 4.79 Å². The van der Waals surface area contributed by atoms with E-state index in [9.17, 15) is 4.79 Å². The Morgan fingerprint density at radius 2 is 1.85 bits per heavy atom. The molecule has 0 bridgehead atoms. The van der Waals surface area contributed by atoms with E-state index >= 15 is 0 Å². The SMILES string of the molecule is COc1cc(C=O)cc(Br)c1OC1CC(C)CC(C)C1. The molecule has 2 atom stereocenters. The predicted octanol–water partition coefficient (Wildman–Crippen LogP) is 4.47. The first-order valence-corrected chi connectivity index (χ1v) is 7.82. The fourth-order valence-corrected chi connectivity index (χ4v) is 3.61. The lowest BCUT2D eigenvalue weighted by atomic mass is 9.82. The number of benzene rings is 1. The van der Waals surface area contributed by atoms with Gasteiger partial charge in [0.2, 0.25) is 0 Å². The highest BCUT2D eigenvalue weighted by Gasteiger charge is 2.26. The third-order valence-corrected chi connectivity index (χ3v) is 4.40. The van der Waals surface area contributed by atoms with Crippen molar-refractivity contribution in [2.75, 3.05) is 7.11 Å². The Morgan fingerprint density at radius 3 is 2.40 bits per heavy atom. The van der Waals surface area contributed by atoms with Crippen LogP contribution in [-0.4, -0.2) is 19.5 Å². The van der Waals surface area contributed by atoms with E-state index < -0.39 is 0 Å². The van der Waals surface area contributed by atoms with Gasteiger partial charge in [-0.05, 0) is 59.2 Å². The number of halogens is 1. The number of hydrogen-bond acceptors (Lipinski definition) is 3. The molecule has 1 saturated carbocycles. The van der Waals surface area contributed by atoms with Gasteiger partial charge in [0, 0.05) is 5.56 Å². The summed E-state index contributed by atoms with van der Waals surface area (Å²) in [6.45, 7) is 4.54. The lowest BCUT2D eigenvalue weighted by molar-refractivity contribution is 0.0972. The molecule has 1 aromatic carbocycles. The number of aldehydes is 1. The minimum Gasteiger partial charge on any atom is -0.493 e. The molecule has 2 rings (SSSR count). The number of carbonyl (C=O) groups is 1. The number of carbonyl (C=O) groups excluding carboxylic acids is 1. The summed E-state index contributed by atoms with van der Waals surface area (Å²) in [6.07, 6.45) is 4.41. The maximum atomic E-state index is 10.9. The van der Waals surface area contributed by atoms with Crippen molar-refractivity contribution in [3.63, 3.8) is 0 Å². The van der Waals surface area contributed by atoms with Gasteiger partial charge in [0.25, 0.3) is 0 Å². The van der Waals surface area contributed by atoms with E-state index in [2.05, 4.69) is 29.8 Å². The van der Waals surface area contributed by atoms with Crippen LogP contribution in [0, 0.1) is 11.8 Å². The van der Waals surface area contributed by atoms with Gasteiger partial charge in [0.05, 0.1) is 17.7 Å². The lowest BCUT2D eigenvalue weighted by Gasteiger charge is -2.32. The van der Waals surface area contributed by atoms with Gasteiger partial charge < -0.3 is 9.47 Å². The summed E-state index contributed by atoms with van der Waals surface area (Å²) in [5, 5.41) is 0. The van der Waals surface area contributed by atoms with Crippen LogP contribution in [0.25, 0.3) is 0 Å². The molecule has 0 amide bonds. The van der Waals surface area contributed by atoms with Crippen LogP contribution < -0.4 is 9.47 Å². The van der Waals surface area contributed by atoms with Gasteiger partial charge in [-0.2, -0.15) is 0 Å². The second-order valence-electron chi connectivity index (χ2n) is 5.81. The van der Waals surface area contributed by atoms with Gasteiger partial charge in [-0.1, -0.05) is 13.8 Å². The van der Waals surface area contributed by atoms with Crippen molar-refractivity contribution in [1.82, 2.24) is 0 Å². The molecule has 1 fully saturated rings. The Labute approximate surface area is 128 Å². The smallest absolute Gasteiger partial charge is 0.175 e. The van der Waals surface area contributed by atoms with E-state index in [0.29, 0.717) is 28.9 Å². The highest BCUT2D eigenvalue weighted by molar-refractivity contribution is 9.10. The standard InChI is InChI=1S/C16H21BrO3/c1-10-4-11(2)6-13(5-10)20-16-14(17)7-12(9-18)8-15(16)19-3/h7-11,13H,4-6H2,1-3H3. The second-order valence-corrected chi connectivity index (χ2v) is 6.66. The van der Waals surface area contributed by atoms with Gasteiger partial charge in [-0.15, -0.1) is 0 Å². The summed E-state index contributed by atoms with van der Waals surface area (Å²) < 4.78 is 12.3. The molecule has 3 nitrogen and oxygen atoms in total. The minimum atomic E-state index is 0.209. The fraction of sp³-hybridized carbons (Fsp3) is 0.562. The monoisotopic (exact) mass is 340 g/mol. The van der Waals surface area contributed by atoms with Crippen LogP contribution in [0.5, 0.6) is 11.5 Å². The Kier molecular flexibility index (Phi) is 5.08. The van der Waals surface area contributed by atoms with Crippen LogP contribution in [-0.2, 0) is 0 Å². The maximum absolute atomic E-state index is 10.9. The van der Waals surface area contributed by atoms with Crippen molar-refractivity contribution in [2.24, 2.45) is 11.8 Å². The summed E-state index contributed by atoms with van der Waals surface area (Å²) in [6, 6.07) is 3.48. The molecule has 0 heterocycles. The Balaban J connectivity index is 2.22. The molecule has 2 unspecified atom stereocenters. The zero-order valence-electron chi connectivity index (χ0n) is 12.2. The van der Waals surface area contributed by atoms with Crippen LogP contribution >= 0.6 is 15.9 Å². The molecule has 1 aliphatic rings. The average molecular weight is 341 g/mol. The average Bonchev–Trinajstić information content (AvgIpc) is 2.39. The van der Waals surface area contributed by atoms with Crippen molar-refractivity contribution in [3.05, 3.63) is 22.2 Å². The van der Waals surface area contributed by atoms with Gasteiger partial charge >= 0.3 is 0 Å². The fourth-order valence-electron chi connectivity index (χ4n) is 3.06. The number of hydrogen-bond donors (Lipinski definition) is 0. The van der Waals surface area contributed by atoms with E-state index in [4.69, 9.17) is 9.47 Å². The van der Waals surface area contributed by atoms with Crippen LogP contribution in [0.3, 0.4) is 0 Å². The topological polar surface area (TPSA) is 35.5 Å². The third kappa shape index (κ3) is 3.54. The summed E-state index contributed by atoms with van der Waals surface area (Å²) in [5.74, 6) is 2.67. The summed E-state index contributed by atoms with van der Waals surface area (Å²) in [5.41, 5.74) is 0.575. The summed E-state index contributed by atoms with van der Waals surface area (Å²) in [7, 11) is 1.59.